The van der Waals surface area contributed by atoms with Gasteiger partial charge in [0.15, 0.2) is 0 Å². The van der Waals surface area contributed by atoms with Crippen molar-refractivity contribution in [2.45, 2.75) is 6.18 Å². The summed E-state index contributed by atoms with van der Waals surface area (Å²) >= 11 is 0. The van der Waals surface area contributed by atoms with Gasteiger partial charge in [-0.3, -0.25) is 9.59 Å². The van der Waals surface area contributed by atoms with E-state index >= 15 is 0 Å². The van der Waals surface area contributed by atoms with Crippen molar-refractivity contribution in [1.82, 2.24) is 0 Å². The molecule has 0 saturated carbocycles. The smallest absolute Gasteiger partial charge is 0.268 e. The number of fused-ring (bicyclic) bond motifs is 2. The highest BCUT2D eigenvalue weighted by molar-refractivity contribution is 6.35. The number of carbonyl (C=O) groups excluding carboxylic acids is 2. The number of carbonyl (C=O) groups is 2. The highest BCUT2D eigenvalue weighted by Gasteiger charge is 2.42. The summed E-state index contributed by atoms with van der Waals surface area (Å²) in [7, 11) is 0. The number of halogens is 3. The van der Waals surface area contributed by atoms with Crippen LogP contribution in [0, 0.1) is 0 Å². The number of alkyl halides is 3. The summed E-state index contributed by atoms with van der Waals surface area (Å²) in [5.41, 5.74) is -1.25. The minimum Gasteiger partial charge on any atom is -0.268 e. The fourth-order valence-electron chi connectivity index (χ4n) is 3.05. The van der Waals surface area contributed by atoms with Gasteiger partial charge in [0.1, 0.15) is 0 Å². The zero-order valence-electron chi connectivity index (χ0n) is 12.7. The van der Waals surface area contributed by atoms with Crippen molar-refractivity contribution in [3.05, 3.63) is 77.4 Å². The molecule has 0 radical (unpaired) electrons. The predicted octanol–water partition coefficient (Wildman–Crippen LogP) is 4.66. The molecule has 3 nitrogen and oxygen atoms in total. The molecule has 0 fully saturated rings. The van der Waals surface area contributed by atoms with Crippen molar-refractivity contribution in [3.63, 3.8) is 0 Å². The fourth-order valence-corrected chi connectivity index (χ4v) is 3.05. The first kappa shape index (κ1) is 15.4. The molecule has 0 aromatic heterocycles. The molecular formula is C19H10F3NO2. The van der Waals surface area contributed by atoms with Crippen LogP contribution in [-0.2, 0) is 6.18 Å². The quantitative estimate of drug-likeness (QED) is 0.604. The summed E-state index contributed by atoms with van der Waals surface area (Å²) in [6.45, 7) is 0. The highest BCUT2D eigenvalue weighted by atomic mass is 19.4. The molecule has 0 bridgehead atoms. The van der Waals surface area contributed by atoms with E-state index < -0.39 is 29.2 Å². The summed E-state index contributed by atoms with van der Waals surface area (Å²) in [6, 6.07) is 14.8. The van der Waals surface area contributed by atoms with Gasteiger partial charge in [0.2, 0.25) is 0 Å². The van der Waals surface area contributed by atoms with Gasteiger partial charge in [0.25, 0.3) is 11.8 Å². The zero-order chi connectivity index (χ0) is 17.8. The van der Waals surface area contributed by atoms with E-state index in [1.807, 2.05) is 0 Å². The van der Waals surface area contributed by atoms with Gasteiger partial charge in [-0.1, -0.05) is 36.4 Å². The molecule has 0 saturated heterocycles. The Morgan fingerprint density at radius 1 is 0.720 bits per heavy atom. The van der Waals surface area contributed by atoms with Crippen LogP contribution in [0.3, 0.4) is 0 Å². The second-order valence-corrected chi connectivity index (χ2v) is 5.71. The number of rotatable bonds is 1. The van der Waals surface area contributed by atoms with Gasteiger partial charge in [-0.25, -0.2) is 4.90 Å². The highest BCUT2D eigenvalue weighted by Crippen LogP contribution is 2.39. The van der Waals surface area contributed by atoms with Crippen LogP contribution in [0.15, 0.2) is 60.7 Å². The lowest BCUT2D eigenvalue weighted by Gasteiger charge is -2.19. The minimum atomic E-state index is -4.67. The third-order valence-corrected chi connectivity index (χ3v) is 4.20. The molecule has 3 aromatic rings. The average molecular weight is 341 g/mol. The van der Waals surface area contributed by atoms with Crippen molar-refractivity contribution in [2.24, 2.45) is 0 Å². The number of para-hydroxylation sites is 1. The topological polar surface area (TPSA) is 37.4 Å². The standard InChI is InChI=1S/C19H10F3NO2/c20-19(21,22)15-7-3-4-8-16(15)23-17(24)13-9-11-5-1-2-6-12(11)10-14(13)18(23)25/h1-10H. The van der Waals surface area contributed by atoms with Crippen LogP contribution in [0.4, 0.5) is 18.9 Å². The molecule has 4 rings (SSSR count). The van der Waals surface area contributed by atoms with Gasteiger partial charge in [-0.2, -0.15) is 13.2 Å². The Morgan fingerprint density at radius 2 is 1.20 bits per heavy atom. The molecule has 3 aromatic carbocycles. The van der Waals surface area contributed by atoms with Crippen molar-refractivity contribution < 1.29 is 22.8 Å². The number of amides is 2. The number of anilines is 1. The van der Waals surface area contributed by atoms with E-state index in [1.54, 1.807) is 36.4 Å². The van der Waals surface area contributed by atoms with E-state index in [-0.39, 0.29) is 11.1 Å². The van der Waals surface area contributed by atoms with Gasteiger partial charge in [0, 0.05) is 0 Å². The number of nitrogens with zero attached hydrogens (tertiary/aromatic N) is 1. The minimum absolute atomic E-state index is 0.112. The second kappa shape index (κ2) is 5.17. The Balaban J connectivity index is 1.91. The van der Waals surface area contributed by atoms with Crippen LogP contribution in [0.1, 0.15) is 26.3 Å². The van der Waals surface area contributed by atoms with Crippen LogP contribution < -0.4 is 4.90 Å². The molecule has 25 heavy (non-hydrogen) atoms. The number of benzene rings is 3. The maximum absolute atomic E-state index is 13.3. The van der Waals surface area contributed by atoms with Crippen LogP contribution in [0.2, 0.25) is 0 Å². The Labute approximate surface area is 140 Å². The molecule has 0 spiro atoms. The molecule has 124 valence electrons. The molecule has 0 atom stereocenters. The van der Waals surface area contributed by atoms with Crippen molar-refractivity contribution in [2.75, 3.05) is 4.90 Å². The Bertz CT molecular complexity index is 986. The average Bonchev–Trinajstić information content (AvgIpc) is 2.83. The van der Waals surface area contributed by atoms with Gasteiger partial charge in [-0.15, -0.1) is 0 Å². The van der Waals surface area contributed by atoms with Crippen LogP contribution in [-0.4, -0.2) is 11.8 Å². The normalized spacial score (nSPS) is 14.3. The predicted molar refractivity (Wildman–Crippen MR) is 86.5 cm³/mol. The molecule has 0 N–H and O–H groups in total. The summed E-state index contributed by atoms with van der Waals surface area (Å²) in [5, 5.41) is 1.49. The van der Waals surface area contributed by atoms with Gasteiger partial charge in [-0.05, 0) is 35.0 Å². The fraction of sp³-hybridized carbons (Fsp3) is 0.0526. The van der Waals surface area contributed by atoms with E-state index in [2.05, 4.69) is 0 Å². The third-order valence-electron chi connectivity index (χ3n) is 4.20. The molecule has 1 aliphatic rings. The van der Waals surface area contributed by atoms with Crippen LogP contribution in [0.5, 0.6) is 0 Å². The number of hydrogen-bond acceptors (Lipinski definition) is 2. The zero-order valence-corrected chi connectivity index (χ0v) is 12.7. The molecule has 1 aliphatic heterocycles. The first-order valence-corrected chi connectivity index (χ1v) is 7.46. The maximum atomic E-state index is 13.3. The molecular weight excluding hydrogens is 331 g/mol. The summed E-state index contributed by atoms with van der Waals surface area (Å²) in [4.78, 5) is 25.9. The number of hydrogen-bond donors (Lipinski definition) is 0. The third kappa shape index (κ3) is 2.29. The van der Waals surface area contributed by atoms with Crippen molar-refractivity contribution in [1.29, 1.82) is 0 Å². The molecule has 0 unspecified atom stereocenters. The Morgan fingerprint density at radius 3 is 1.72 bits per heavy atom. The van der Waals surface area contributed by atoms with E-state index in [4.69, 9.17) is 0 Å². The largest absolute Gasteiger partial charge is 0.418 e. The lowest BCUT2D eigenvalue weighted by atomic mass is 10.0. The lowest BCUT2D eigenvalue weighted by Crippen LogP contribution is -2.31. The van der Waals surface area contributed by atoms with Gasteiger partial charge in [0.05, 0.1) is 22.4 Å². The first-order chi connectivity index (χ1) is 11.9. The monoisotopic (exact) mass is 341 g/mol. The van der Waals surface area contributed by atoms with Gasteiger partial charge < -0.3 is 0 Å². The van der Waals surface area contributed by atoms with Crippen molar-refractivity contribution >= 4 is 28.3 Å². The van der Waals surface area contributed by atoms with E-state index in [1.165, 1.54) is 12.1 Å². The van der Waals surface area contributed by atoms with Crippen molar-refractivity contribution in [3.8, 4) is 0 Å². The summed E-state index contributed by atoms with van der Waals surface area (Å²) < 4.78 is 39.8. The van der Waals surface area contributed by atoms with E-state index in [0.29, 0.717) is 4.90 Å². The molecule has 0 aliphatic carbocycles. The maximum Gasteiger partial charge on any atom is 0.418 e. The molecule has 6 heteroatoms. The Kier molecular flexibility index (Phi) is 3.18. The molecule has 2 amide bonds. The molecule has 1 heterocycles. The first-order valence-electron chi connectivity index (χ1n) is 7.46. The SMILES string of the molecule is O=C1c2cc3ccccc3cc2C(=O)N1c1ccccc1C(F)(F)F. The van der Waals surface area contributed by atoms with Crippen LogP contribution >= 0.6 is 0 Å². The number of imide groups is 1. The Hall–Kier alpha value is -3.15. The summed E-state index contributed by atoms with van der Waals surface area (Å²) in [5.74, 6) is -1.50. The van der Waals surface area contributed by atoms with E-state index in [0.717, 1.165) is 22.9 Å². The van der Waals surface area contributed by atoms with Gasteiger partial charge >= 0.3 is 6.18 Å². The summed E-state index contributed by atoms with van der Waals surface area (Å²) in [6.07, 6.45) is -4.67. The van der Waals surface area contributed by atoms with Crippen LogP contribution in [0.25, 0.3) is 10.8 Å². The van der Waals surface area contributed by atoms with E-state index in [9.17, 15) is 22.8 Å². The second-order valence-electron chi connectivity index (χ2n) is 5.71. The lowest BCUT2D eigenvalue weighted by molar-refractivity contribution is -0.137.